The molecule has 0 saturated carbocycles. The van der Waals surface area contributed by atoms with Crippen LogP contribution < -0.4 is 5.32 Å². The van der Waals surface area contributed by atoms with Crippen LogP contribution >= 0.6 is 0 Å². The number of nitrogens with one attached hydrogen (secondary N) is 1. The van der Waals surface area contributed by atoms with Crippen molar-refractivity contribution < 1.29 is 4.39 Å². The highest BCUT2D eigenvalue weighted by molar-refractivity contribution is 5.38. The Kier molecular flexibility index (Phi) is 4.47. The van der Waals surface area contributed by atoms with Crippen LogP contribution in [0.5, 0.6) is 0 Å². The first-order valence-electron chi connectivity index (χ1n) is 6.72. The lowest BCUT2D eigenvalue weighted by molar-refractivity contribution is 0.226. The van der Waals surface area contributed by atoms with Crippen molar-refractivity contribution in [2.45, 2.75) is 39.2 Å². The Morgan fingerprint density at radius 2 is 2.28 bits per heavy atom. The average Bonchev–Trinajstić information content (AvgIpc) is 2.41. The minimum atomic E-state index is -0.298. The molecular weight excluding hydrogens is 231 g/mol. The molecule has 0 amide bonds. The number of hydrogen-bond acceptors (Lipinski definition) is 4. The van der Waals surface area contributed by atoms with E-state index in [0.717, 1.165) is 32.5 Å². The predicted octanol–water partition coefficient (Wildman–Crippen LogP) is 2.07. The third kappa shape index (κ3) is 2.96. The molecule has 0 bridgehead atoms. The van der Waals surface area contributed by atoms with Crippen molar-refractivity contribution in [2.24, 2.45) is 0 Å². The third-order valence-corrected chi connectivity index (χ3v) is 3.49. The maximum Gasteiger partial charge on any atom is 0.186 e. The largest absolute Gasteiger partial charge is 0.364 e. The Labute approximate surface area is 108 Å². The highest BCUT2D eigenvalue weighted by Gasteiger charge is 2.20. The Morgan fingerprint density at radius 1 is 1.44 bits per heavy atom. The number of piperidine rings is 1. The molecule has 18 heavy (non-hydrogen) atoms. The summed E-state index contributed by atoms with van der Waals surface area (Å²) in [5, 5.41) is 3.22. The van der Waals surface area contributed by atoms with E-state index in [2.05, 4.69) is 27.1 Å². The van der Waals surface area contributed by atoms with E-state index in [9.17, 15) is 4.39 Å². The molecule has 1 N–H and O–H groups in total. The Balaban J connectivity index is 2.04. The summed E-state index contributed by atoms with van der Waals surface area (Å²) in [6, 6.07) is 0.285. The van der Waals surface area contributed by atoms with E-state index in [4.69, 9.17) is 0 Å². The van der Waals surface area contributed by atoms with Gasteiger partial charge in [0.1, 0.15) is 6.33 Å². The summed E-state index contributed by atoms with van der Waals surface area (Å²) >= 11 is 0. The van der Waals surface area contributed by atoms with Crippen molar-refractivity contribution in [1.29, 1.82) is 0 Å². The van der Waals surface area contributed by atoms with Gasteiger partial charge in [-0.15, -0.1) is 0 Å². The molecule has 2 heterocycles. The number of nitrogens with zero attached hydrogens (tertiary/aromatic N) is 3. The van der Waals surface area contributed by atoms with Gasteiger partial charge in [0.25, 0.3) is 0 Å². The molecule has 1 unspecified atom stereocenters. The average molecular weight is 252 g/mol. The molecule has 100 valence electrons. The van der Waals surface area contributed by atoms with Gasteiger partial charge in [-0.25, -0.2) is 14.4 Å². The van der Waals surface area contributed by atoms with E-state index >= 15 is 0 Å². The van der Waals surface area contributed by atoms with E-state index < -0.39 is 0 Å². The number of rotatable bonds is 4. The van der Waals surface area contributed by atoms with Crippen LogP contribution in [0.3, 0.4) is 0 Å². The maximum atomic E-state index is 14.0. The van der Waals surface area contributed by atoms with Crippen molar-refractivity contribution in [2.75, 3.05) is 25.0 Å². The number of anilines is 1. The Morgan fingerprint density at radius 3 is 3.00 bits per heavy atom. The summed E-state index contributed by atoms with van der Waals surface area (Å²) in [6.07, 6.45) is 4.25. The van der Waals surface area contributed by atoms with Gasteiger partial charge in [0.2, 0.25) is 0 Å². The van der Waals surface area contributed by atoms with Crippen molar-refractivity contribution >= 4 is 5.82 Å². The SMILES string of the molecule is CCc1ncnc(NC2CCCN(CC)C2)c1F. The summed E-state index contributed by atoms with van der Waals surface area (Å²) in [5.74, 6) is 0.0541. The summed E-state index contributed by atoms with van der Waals surface area (Å²) in [5.41, 5.74) is 0.482. The lowest BCUT2D eigenvalue weighted by Gasteiger charge is -2.32. The molecule has 1 aromatic heterocycles. The summed E-state index contributed by atoms with van der Waals surface area (Å²) < 4.78 is 14.0. The highest BCUT2D eigenvalue weighted by Crippen LogP contribution is 2.18. The van der Waals surface area contributed by atoms with Crippen LogP contribution in [-0.4, -0.2) is 40.5 Å². The van der Waals surface area contributed by atoms with E-state index in [-0.39, 0.29) is 11.9 Å². The number of hydrogen-bond donors (Lipinski definition) is 1. The summed E-state index contributed by atoms with van der Waals surface area (Å²) in [7, 11) is 0. The second-order valence-electron chi connectivity index (χ2n) is 4.71. The van der Waals surface area contributed by atoms with E-state index in [1.54, 1.807) is 0 Å². The molecule has 1 aliphatic heterocycles. The van der Waals surface area contributed by atoms with Crippen LogP contribution in [0, 0.1) is 5.82 Å². The maximum absolute atomic E-state index is 14.0. The smallest absolute Gasteiger partial charge is 0.186 e. The van der Waals surface area contributed by atoms with Crippen LogP contribution in [0.15, 0.2) is 6.33 Å². The van der Waals surface area contributed by atoms with Gasteiger partial charge in [-0.1, -0.05) is 13.8 Å². The number of likely N-dealkylation sites (N-methyl/N-ethyl adjacent to an activating group) is 1. The number of likely N-dealkylation sites (tertiary alicyclic amines) is 1. The number of aromatic nitrogens is 2. The van der Waals surface area contributed by atoms with Crippen LogP contribution in [0.25, 0.3) is 0 Å². The predicted molar refractivity (Wildman–Crippen MR) is 70.1 cm³/mol. The Bertz CT molecular complexity index is 397. The lowest BCUT2D eigenvalue weighted by Crippen LogP contribution is -2.42. The van der Waals surface area contributed by atoms with Gasteiger partial charge in [0.05, 0.1) is 5.69 Å². The molecule has 1 aliphatic rings. The normalized spacial score (nSPS) is 20.9. The molecular formula is C13H21FN4. The van der Waals surface area contributed by atoms with Gasteiger partial charge in [-0.2, -0.15) is 0 Å². The number of halogens is 1. The first-order valence-corrected chi connectivity index (χ1v) is 6.72. The van der Waals surface area contributed by atoms with Gasteiger partial charge < -0.3 is 10.2 Å². The quantitative estimate of drug-likeness (QED) is 0.890. The zero-order valence-electron chi connectivity index (χ0n) is 11.1. The highest BCUT2D eigenvalue weighted by atomic mass is 19.1. The zero-order valence-corrected chi connectivity index (χ0v) is 11.1. The van der Waals surface area contributed by atoms with E-state index in [0.29, 0.717) is 17.9 Å². The fourth-order valence-corrected chi connectivity index (χ4v) is 2.41. The standard InChI is InChI=1S/C13H21FN4/c1-3-11-12(14)13(16-9-15-11)17-10-6-5-7-18(4-2)8-10/h9-10H,3-8H2,1-2H3,(H,15,16,17). The fraction of sp³-hybridized carbons (Fsp3) is 0.692. The fourth-order valence-electron chi connectivity index (χ4n) is 2.41. The lowest BCUT2D eigenvalue weighted by atomic mass is 10.1. The molecule has 1 atom stereocenters. The van der Waals surface area contributed by atoms with Crippen molar-refractivity contribution in [3.8, 4) is 0 Å². The Hall–Kier alpha value is -1.23. The second-order valence-corrected chi connectivity index (χ2v) is 4.71. The minimum Gasteiger partial charge on any atom is -0.364 e. The van der Waals surface area contributed by atoms with Gasteiger partial charge in [-0.05, 0) is 32.4 Å². The molecule has 1 saturated heterocycles. The van der Waals surface area contributed by atoms with Crippen molar-refractivity contribution in [1.82, 2.24) is 14.9 Å². The topological polar surface area (TPSA) is 41.1 Å². The third-order valence-electron chi connectivity index (χ3n) is 3.49. The van der Waals surface area contributed by atoms with Crippen molar-refractivity contribution in [3.05, 3.63) is 17.8 Å². The summed E-state index contributed by atoms with van der Waals surface area (Å²) in [4.78, 5) is 10.3. The molecule has 0 radical (unpaired) electrons. The molecule has 5 heteroatoms. The molecule has 1 aromatic rings. The van der Waals surface area contributed by atoms with Crippen LogP contribution in [0.4, 0.5) is 10.2 Å². The summed E-state index contributed by atoms with van der Waals surface area (Å²) in [6.45, 7) is 7.20. The van der Waals surface area contributed by atoms with Gasteiger partial charge in [0, 0.05) is 12.6 Å². The second kappa shape index (κ2) is 6.09. The van der Waals surface area contributed by atoms with Gasteiger partial charge in [0.15, 0.2) is 11.6 Å². The molecule has 2 rings (SSSR count). The van der Waals surface area contributed by atoms with Crippen molar-refractivity contribution in [3.63, 3.8) is 0 Å². The molecule has 0 aliphatic carbocycles. The van der Waals surface area contributed by atoms with E-state index in [1.807, 2.05) is 6.92 Å². The molecule has 4 nitrogen and oxygen atoms in total. The van der Waals surface area contributed by atoms with Crippen LogP contribution in [0.2, 0.25) is 0 Å². The van der Waals surface area contributed by atoms with E-state index in [1.165, 1.54) is 6.33 Å². The minimum absolute atomic E-state index is 0.285. The number of aryl methyl sites for hydroxylation is 1. The monoisotopic (exact) mass is 252 g/mol. The van der Waals surface area contributed by atoms with Gasteiger partial charge >= 0.3 is 0 Å². The van der Waals surface area contributed by atoms with Crippen LogP contribution in [0.1, 0.15) is 32.4 Å². The van der Waals surface area contributed by atoms with Crippen LogP contribution in [-0.2, 0) is 6.42 Å². The zero-order chi connectivity index (χ0) is 13.0. The first kappa shape index (κ1) is 13.2. The molecule has 0 spiro atoms. The first-order chi connectivity index (χ1) is 8.74. The molecule has 0 aromatic carbocycles. The molecule has 1 fully saturated rings. The van der Waals surface area contributed by atoms with Gasteiger partial charge in [-0.3, -0.25) is 0 Å².